The van der Waals surface area contributed by atoms with Gasteiger partial charge in [-0.3, -0.25) is 4.90 Å². The first kappa shape index (κ1) is 19.7. The zero-order chi connectivity index (χ0) is 16.1. The Morgan fingerprint density at radius 1 is 1.22 bits per heavy atom. The third kappa shape index (κ3) is 4.83. The molecule has 1 aliphatic heterocycles. The molecule has 0 saturated carbocycles. The summed E-state index contributed by atoms with van der Waals surface area (Å²) >= 11 is 0. The second-order valence-electron chi connectivity index (χ2n) is 5.19. The van der Waals surface area contributed by atoms with Gasteiger partial charge >= 0.3 is 0 Å². The first-order valence-corrected chi connectivity index (χ1v) is 7.24. The van der Waals surface area contributed by atoms with Gasteiger partial charge < -0.3 is 19.9 Å². The number of nitrogens with zero attached hydrogens (tertiary/aromatic N) is 1. The molecule has 0 spiro atoms. The van der Waals surface area contributed by atoms with Crippen molar-refractivity contribution in [3.05, 3.63) is 17.7 Å². The fourth-order valence-electron chi connectivity index (χ4n) is 2.82. The molecule has 1 saturated heterocycles. The SMILES string of the molecule is COc1cc(O)c([C@@H](CC(F)F)N2CCNCC2)c(OC)c1.Cl. The normalized spacial score (nSPS) is 16.7. The molecule has 132 valence electrons. The molecule has 2 N–H and O–H groups in total. The molecule has 1 aliphatic rings. The van der Waals surface area contributed by atoms with E-state index in [0.29, 0.717) is 30.2 Å². The Labute approximate surface area is 141 Å². The van der Waals surface area contributed by atoms with Crippen LogP contribution in [-0.2, 0) is 0 Å². The van der Waals surface area contributed by atoms with Crippen LogP contribution in [0.3, 0.4) is 0 Å². The van der Waals surface area contributed by atoms with Crippen molar-refractivity contribution >= 4 is 12.4 Å². The maximum Gasteiger partial charge on any atom is 0.240 e. The summed E-state index contributed by atoms with van der Waals surface area (Å²) in [4.78, 5) is 1.95. The number of hydrogen-bond acceptors (Lipinski definition) is 5. The standard InChI is InChI=1S/C15H22F2N2O3.ClH/c1-21-10-7-12(20)15(13(8-10)22-2)11(9-14(16)17)19-5-3-18-4-6-19;/h7-8,11,14,18,20H,3-6,9H2,1-2H3;1H/t11-;/m1./s1. The van der Waals surface area contributed by atoms with Crippen LogP contribution in [0.4, 0.5) is 8.78 Å². The van der Waals surface area contributed by atoms with Crippen molar-refractivity contribution < 1.29 is 23.4 Å². The lowest BCUT2D eigenvalue weighted by molar-refractivity contribution is 0.0719. The highest BCUT2D eigenvalue weighted by molar-refractivity contribution is 5.85. The molecule has 1 atom stereocenters. The molecule has 1 aromatic carbocycles. The summed E-state index contributed by atoms with van der Waals surface area (Å²) in [6.07, 6.45) is -2.82. The molecular formula is C15H23ClF2N2O3. The minimum Gasteiger partial charge on any atom is -0.507 e. The van der Waals surface area contributed by atoms with Crippen LogP contribution in [-0.4, -0.2) is 56.8 Å². The quantitative estimate of drug-likeness (QED) is 0.823. The maximum absolute atomic E-state index is 13.0. The minimum atomic E-state index is -2.47. The van der Waals surface area contributed by atoms with E-state index in [1.807, 2.05) is 4.90 Å². The molecule has 0 aromatic heterocycles. The predicted molar refractivity (Wildman–Crippen MR) is 86.3 cm³/mol. The van der Waals surface area contributed by atoms with Gasteiger partial charge in [0.2, 0.25) is 6.43 Å². The van der Waals surface area contributed by atoms with Crippen molar-refractivity contribution in [2.24, 2.45) is 0 Å². The zero-order valence-corrected chi connectivity index (χ0v) is 14.0. The average Bonchev–Trinajstić information content (AvgIpc) is 2.52. The Bertz CT molecular complexity index is 500. The number of phenolic OH excluding ortho intramolecular Hbond substituents is 1. The van der Waals surface area contributed by atoms with Crippen LogP contribution >= 0.6 is 12.4 Å². The van der Waals surface area contributed by atoms with Gasteiger partial charge in [-0.2, -0.15) is 0 Å². The molecule has 1 fully saturated rings. The summed E-state index contributed by atoms with van der Waals surface area (Å²) in [7, 11) is 2.93. The molecule has 0 aliphatic carbocycles. The molecule has 0 amide bonds. The van der Waals surface area contributed by atoms with Gasteiger partial charge in [0.15, 0.2) is 0 Å². The van der Waals surface area contributed by atoms with Gasteiger partial charge in [0, 0.05) is 50.8 Å². The van der Waals surface area contributed by atoms with Crippen LogP contribution in [0, 0.1) is 0 Å². The van der Waals surface area contributed by atoms with E-state index in [-0.39, 0.29) is 24.6 Å². The monoisotopic (exact) mass is 352 g/mol. The van der Waals surface area contributed by atoms with E-state index in [9.17, 15) is 13.9 Å². The first-order valence-electron chi connectivity index (χ1n) is 7.24. The number of nitrogens with one attached hydrogen (secondary N) is 1. The van der Waals surface area contributed by atoms with Gasteiger partial charge in [-0.15, -0.1) is 12.4 Å². The number of alkyl halides is 2. The number of halogens is 3. The van der Waals surface area contributed by atoms with E-state index in [2.05, 4.69) is 5.32 Å². The third-order valence-corrected chi connectivity index (χ3v) is 3.88. The van der Waals surface area contributed by atoms with Gasteiger partial charge in [0.1, 0.15) is 17.2 Å². The van der Waals surface area contributed by atoms with Crippen LogP contribution < -0.4 is 14.8 Å². The van der Waals surface area contributed by atoms with Gasteiger partial charge in [0.05, 0.1) is 19.8 Å². The average molecular weight is 353 g/mol. The van der Waals surface area contributed by atoms with E-state index in [1.54, 1.807) is 6.07 Å². The molecule has 5 nitrogen and oxygen atoms in total. The summed E-state index contributed by atoms with van der Waals surface area (Å²) < 4.78 is 36.5. The number of methoxy groups -OCH3 is 2. The van der Waals surface area contributed by atoms with Crippen molar-refractivity contribution in [2.45, 2.75) is 18.9 Å². The number of benzene rings is 1. The van der Waals surface area contributed by atoms with Gasteiger partial charge in [-0.25, -0.2) is 8.78 Å². The Morgan fingerprint density at radius 2 is 1.87 bits per heavy atom. The molecular weight excluding hydrogens is 330 g/mol. The van der Waals surface area contributed by atoms with E-state index < -0.39 is 12.5 Å². The van der Waals surface area contributed by atoms with Gasteiger partial charge in [-0.05, 0) is 0 Å². The first-order chi connectivity index (χ1) is 10.6. The van der Waals surface area contributed by atoms with Crippen LogP contribution in [0.5, 0.6) is 17.2 Å². The van der Waals surface area contributed by atoms with E-state index >= 15 is 0 Å². The Morgan fingerprint density at radius 3 is 2.39 bits per heavy atom. The topological polar surface area (TPSA) is 54.0 Å². The van der Waals surface area contributed by atoms with Crippen LogP contribution in [0.15, 0.2) is 12.1 Å². The highest BCUT2D eigenvalue weighted by Gasteiger charge is 2.30. The summed E-state index contributed by atoms with van der Waals surface area (Å²) in [6.45, 7) is 2.76. The van der Waals surface area contributed by atoms with Crippen molar-refractivity contribution in [2.75, 3.05) is 40.4 Å². The highest BCUT2D eigenvalue weighted by Crippen LogP contribution is 2.42. The smallest absolute Gasteiger partial charge is 0.240 e. The summed E-state index contributed by atoms with van der Waals surface area (Å²) in [6, 6.07) is 2.44. The van der Waals surface area contributed by atoms with Crippen molar-refractivity contribution in [1.82, 2.24) is 10.2 Å². The fourth-order valence-corrected chi connectivity index (χ4v) is 2.82. The number of phenols is 1. The Balaban J connectivity index is 0.00000264. The molecule has 23 heavy (non-hydrogen) atoms. The number of ether oxygens (including phenoxy) is 2. The fraction of sp³-hybridized carbons (Fsp3) is 0.600. The molecule has 0 unspecified atom stereocenters. The summed E-state index contributed by atoms with van der Waals surface area (Å²) in [5, 5.41) is 13.5. The second kappa shape index (κ2) is 9.10. The van der Waals surface area contributed by atoms with Crippen molar-refractivity contribution in [3.63, 3.8) is 0 Å². The molecule has 8 heteroatoms. The van der Waals surface area contributed by atoms with Crippen LogP contribution in [0.2, 0.25) is 0 Å². The van der Waals surface area contributed by atoms with E-state index in [0.717, 1.165) is 13.1 Å². The Kier molecular flexibility index (Phi) is 7.81. The molecule has 0 radical (unpaired) electrons. The number of hydrogen-bond donors (Lipinski definition) is 2. The maximum atomic E-state index is 13.0. The van der Waals surface area contributed by atoms with E-state index in [1.165, 1.54) is 20.3 Å². The van der Waals surface area contributed by atoms with Crippen LogP contribution in [0.1, 0.15) is 18.0 Å². The van der Waals surface area contributed by atoms with Gasteiger partial charge in [-0.1, -0.05) is 0 Å². The molecule has 2 rings (SSSR count). The number of rotatable bonds is 6. The Hall–Kier alpha value is -1.31. The molecule has 1 aromatic rings. The largest absolute Gasteiger partial charge is 0.507 e. The number of aromatic hydroxyl groups is 1. The van der Waals surface area contributed by atoms with Crippen LogP contribution in [0.25, 0.3) is 0 Å². The lowest BCUT2D eigenvalue weighted by atomic mass is 9.98. The van der Waals surface area contributed by atoms with Crippen molar-refractivity contribution in [1.29, 1.82) is 0 Å². The van der Waals surface area contributed by atoms with E-state index in [4.69, 9.17) is 9.47 Å². The highest BCUT2D eigenvalue weighted by atomic mass is 35.5. The van der Waals surface area contributed by atoms with Crippen molar-refractivity contribution in [3.8, 4) is 17.2 Å². The molecule has 1 heterocycles. The predicted octanol–water partition coefficient (Wildman–Crippen LogP) is 2.43. The lowest BCUT2D eigenvalue weighted by Crippen LogP contribution is -2.45. The summed E-state index contributed by atoms with van der Waals surface area (Å²) in [5.74, 6) is 0.704. The molecule has 0 bridgehead atoms. The lowest BCUT2D eigenvalue weighted by Gasteiger charge is -2.36. The second-order valence-corrected chi connectivity index (χ2v) is 5.19. The zero-order valence-electron chi connectivity index (χ0n) is 13.2. The minimum absolute atomic E-state index is 0. The third-order valence-electron chi connectivity index (χ3n) is 3.88. The summed E-state index contributed by atoms with van der Waals surface area (Å²) in [5.41, 5.74) is 0.394. The number of piperazine rings is 1. The van der Waals surface area contributed by atoms with Gasteiger partial charge in [0.25, 0.3) is 0 Å².